The zero-order chi connectivity index (χ0) is 13.1. The van der Waals surface area contributed by atoms with Crippen molar-refractivity contribution >= 4 is 0 Å². The zero-order valence-electron chi connectivity index (χ0n) is 11.8. The molecular formula is C16H25NO. The van der Waals surface area contributed by atoms with E-state index in [-0.39, 0.29) is 0 Å². The lowest BCUT2D eigenvalue weighted by Crippen LogP contribution is -2.24. The van der Waals surface area contributed by atoms with Crippen molar-refractivity contribution in [2.45, 2.75) is 46.1 Å². The van der Waals surface area contributed by atoms with E-state index in [1.807, 2.05) is 13.0 Å². The van der Waals surface area contributed by atoms with Crippen molar-refractivity contribution in [3.8, 4) is 5.75 Å². The minimum atomic E-state index is 0.326. The average molecular weight is 247 g/mol. The smallest absolute Gasteiger partial charge is 0.120 e. The molecule has 1 aliphatic heterocycles. The topological polar surface area (TPSA) is 23.5 Å². The number of likely N-dealkylation sites (tertiary alicyclic amines) is 1. The maximum absolute atomic E-state index is 10.1. The summed E-state index contributed by atoms with van der Waals surface area (Å²) in [5.41, 5.74) is 2.19. The maximum Gasteiger partial charge on any atom is 0.120 e. The van der Waals surface area contributed by atoms with Gasteiger partial charge in [-0.05, 0) is 50.8 Å². The third-order valence-corrected chi connectivity index (χ3v) is 4.20. The summed E-state index contributed by atoms with van der Waals surface area (Å²) in [4.78, 5) is 2.50. The number of nitrogens with zero attached hydrogens (tertiary/aromatic N) is 1. The summed E-state index contributed by atoms with van der Waals surface area (Å²) in [5.74, 6) is 1.30. The van der Waals surface area contributed by atoms with Gasteiger partial charge in [-0.1, -0.05) is 25.5 Å². The van der Waals surface area contributed by atoms with Crippen molar-refractivity contribution in [3.05, 3.63) is 29.3 Å². The Balaban J connectivity index is 2.05. The van der Waals surface area contributed by atoms with E-state index in [0.717, 1.165) is 17.0 Å². The van der Waals surface area contributed by atoms with E-state index in [4.69, 9.17) is 0 Å². The van der Waals surface area contributed by atoms with E-state index in [1.54, 1.807) is 0 Å². The zero-order valence-corrected chi connectivity index (χ0v) is 11.8. The van der Waals surface area contributed by atoms with E-state index in [0.29, 0.717) is 11.8 Å². The van der Waals surface area contributed by atoms with E-state index >= 15 is 0 Å². The number of benzene rings is 1. The molecule has 2 heteroatoms. The highest BCUT2D eigenvalue weighted by Gasteiger charge is 2.27. The first-order valence-electron chi connectivity index (χ1n) is 7.15. The predicted molar refractivity (Wildman–Crippen MR) is 75.8 cm³/mol. The maximum atomic E-state index is 10.1. The van der Waals surface area contributed by atoms with Gasteiger partial charge in [-0.15, -0.1) is 0 Å². The second-order valence-electron chi connectivity index (χ2n) is 5.68. The molecule has 0 aliphatic carbocycles. The molecular weight excluding hydrogens is 222 g/mol. The number of hydrogen-bond acceptors (Lipinski definition) is 2. The lowest BCUT2D eigenvalue weighted by molar-refractivity contribution is 0.246. The number of phenols is 1. The molecule has 1 saturated heterocycles. The molecule has 1 N–H and O–H groups in total. The molecule has 2 nitrogen and oxygen atoms in total. The normalized spacial score (nSPS) is 22.3. The fourth-order valence-corrected chi connectivity index (χ4v) is 3.06. The van der Waals surface area contributed by atoms with Crippen LogP contribution in [0.1, 0.15) is 50.3 Å². The van der Waals surface area contributed by atoms with Crippen molar-refractivity contribution in [2.75, 3.05) is 13.1 Å². The van der Waals surface area contributed by atoms with Gasteiger partial charge in [0, 0.05) is 18.2 Å². The molecule has 0 radical (unpaired) electrons. The number of hydrogen-bond donors (Lipinski definition) is 1. The van der Waals surface area contributed by atoms with Crippen LogP contribution in [-0.4, -0.2) is 23.1 Å². The van der Waals surface area contributed by atoms with Crippen LogP contribution in [0.4, 0.5) is 0 Å². The first kappa shape index (κ1) is 13.4. The van der Waals surface area contributed by atoms with Crippen LogP contribution in [0, 0.1) is 12.8 Å². The molecule has 2 atom stereocenters. The molecule has 0 amide bonds. The Morgan fingerprint density at radius 2 is 2.22 bits per heavy atom. The fraction of sp³-hybridized carbons (Fsp3) is 0.625. The lowest BCUT2D eigenvalue weighted by Gasteiger charge is -2.25. The van der Waals surface area contributed by atoms with Crippen LogP contribution in [0.3, 0.4) is 0 Å². The van der Waals surface area contributed by atoms with E-state index in [9.17, 15) is 5.11 Å². The van der Waals surface area contributed by atoms with E-state index < -0.39 is 0 Å². The predicted octanol–water partition coefficient (Wildman–Crippen LogP) is 3.88. The average Bonchev–Trinajstić information content (AvgIpc) is 2.77. The Bertz CT molecular complexity index is 402. The van der Waals surface area contributed by atoms with Gasteiger partial charge in [0.15, 0.2) is 0 Å². The summed E-state index contributed by atoms with van der Waals surface area (Å²) >= 11 is 0. The van der Waals surface area contributed by atoms with Crippen LogP contribution in [0.2, 0.25) is 0 Å². The summed E-state index contributed by atoms with van der Waals surface area (Å²) in [6.45, 7) is 8.83. The summed E-state index contributed by atoms with van der Waals surface area (Å²) in [6.07, 6.45) is 3.93. The van der Waals surface area contributed by atoms with E-state index in [1.165, 1.54) is 32.4 Å². The van der Waals surface area contributed by atoms with Gasteiger partial charge in [0.1, 0.15) is 5.75 Å². The summed E-state index contributed by atoms with van der Waals surface area (Å²) in [6, 6.07) is 6.35. The lowest BCUT2D eigenvalue weighted by atomic mass is 10.0. The molecule has 18 heavy (non-hydrogen) atoms. The van der Waals surface area contributed by atoms with Gasteiger partial charge in [0.2, 0.25) is 0 Å². The monoisotopic (exact) mass is 247 g/mol. The van der Waals surface area contributed by atoms with Gasteiger partial charge in [-0.2, -0.15) is 0 Å². The van der Waals surface area contributed by atoms with Crippen LogP contribution in [0.25, 0.3) is 0 Å². The summed E-state index contributed by atoms with van der Waals surface area (Å²) in [5, 5.41) is 10.1. The number of aryl methyl sites for hydroxylation is 1. The third-order valence-electron chi connectivity index (χ3n) is 4.20. The Hall–Kier alpha value is -1.02. The highest BCUT2D eigenvalue weighted by atomic mass is 16.3. The largest absolute Gasteiger partial charge is 0.508 e. The molecule has 2 unspecified atom stereocenters. The van der Waals surface area contributed by atoms with Crippen molar-refractivity contribution in [2.24, 2.45) is 5.92 Å². The number of rotatable bonds is 4. The molecule has 1 aliphatic rings. The quantitative estimate of drug-likeness (QED) is 0.872. The Kier molecular flexibility index (Phi) is 4.28. The second kappa shape index (κ2) is 5.75. The van der Waals surface area contributed by atoms with Crippen molar-refractivity contribution in [1.29, 1.82) is 0 Å². The minimum Gasteiger partial charge on any atom is -0.508 e. The molecule has 0 aromatic heterocycles. The van der Waals surface area contributed by atoms with Gasteiger partial charge < -0.3 is 5.11 Å². The molecule has 2 rings (SSSR count). The van der Waals surface area contributed by atoms with Crippen molar-refractivity contribution in [1.82, 2.24) is 4.90 Å². The minimum absolute atomic E-state index is 0.326. The molecule has 100 valence electrons. The molecule has 1 fully saturated rings. The Morgan fingerprint density at radius 1 is 1.44 bits per heavy atom. The number of phenolic OH excluding ortho intramolecular Hbond substituents is 1. The Morgan fingerprint density at radius 3 is 2.89 bits per heavy atom. The highest BCUT2D eigenvalue weighted by Crippen LogP contribution is 2.33. The highest BCUT2D eigenvalue weighted by molar-refractivity contribution is 5.37. The standard InChI is InChI=1S/C16H25NO/c1-4-5-14-8-9-17(11-14)13(3)15-7-6-12(2)10-16(15)18/h6-7,10,13-14,18H,4-5,8-9,11H2,1-3H3. The summed E-state index contributed by atoms with van der Waals surface area (Å²) < 4.78 is 0. The molecule has 0 spiro atoms. The molecule has 1 aromatic rings. The van der Waals surface area contributed by atoms with Crippen molar-refractivity contribution < 1.29 is 5.11 Å². The third kappa shape index (κ3) is 2.86. The van der Waals surface area contributed by atoms with Crippen LogP contribution in [-0.2, 0) is 0 Å². The first-order valence-corrected chi connectivity index (χ1v) is 7.15. The van der Waals surface area contributed by atoms with Crippen LogP contribution in [0.5, 0.6) is 5.75 Å². The first-order chi connectivity index (χ1) is 8.61. The van der Waals surface area contributed by atoms with Crippen molar-refractivity contribution in [3.63, 3.8) is 0 Å². The van der Waals surface area contributed by atoms with Gasteiger partial charge in [-0.25, -0.2) is 0 Å². The fourth-order valence-electron chi connectivity index (χ4n) is 3.06. The second-order valence-corrected chi connectivity index (χ2v) is 5.68. The Labute approximate surface area is 111 Å². The van der Waals surface area contributed by atoms with Gasteiger partial charge in [0.05, 0.1) is 0 Å². The van der Waals surface area contributed by atoms with Crippen LogP contribution < -0.4 is 0 Å². The summed E-state index contributed by atoms with van der Waals surface area (Å²) in [7, 11) is 0. The molecule has 0 bridgehead atoms. The van der Waals surface area contributed by atoms with E-state index in [2.05, 4.69) is 30.9 Å². The van der Waals surface area contributed by atoms with Gasteiger partial charge in [-0.3, -0.25) is 4.90 Å². The molecule has 1 aromatic carbocycles. The van der Waals surface area contributed by atoms with Gasteiger partial charge in [0.25, 0.3) is 0 Å². The van der Waals surface area contributed by atoms with Crippen LogP contribution >= 0.6 is 0 Å². The van der Waals surface area contributed by atoms with Crippen LogP contribution in [0.15, 0.2) is 18.2 Å². The molecule has 1 heterocycles. The SMILES string of the molecule is CCCC1CCN(C(C)c2ccc(C)cc2O)C1. The number of aromatic hydroxyl groups is 1. The van der Waals surface area contributed by atoms with Gasteiger partial charge >= 0.3 is 0 Å². The molecule has 0 saturated carbocycles.